The van der Waals surface area contributed by atoms with Crippen molar-refractivity contribution in [3.8, 4) is 0 Å². The number of hydrogen-bond donors (Lipinski definition) is 0. The molecule has 0 saturated carbocycles. The number of benzene rings is 3. The Morgan fingerprint density at radius 2 is 0.853 bits per heavy atom. The summed E-state index contributed by atoms with van der Waals surface area (Å²) in [7, 11) is 0. The van der Waals surface area contributed by atoms with Crippen molar-refractivity contribution in [1.29, 1.82) is 0 Å². The average Bonchev–Trinajstić information content (AvgIpc) is 2.84. The standard InChI is InChI=1S/C34H46/c1-7-29-11-15-31(16-12-29)21-25(3)9-19-33-23-27(5)28(6)24-34(33)20-10-26(4)22-32-17-13-30(8-2)14-18-32/h11-18,23-26H,7-10,19-22H2,1-6H3. The monoisotopic (exact) mass is 454 g/mol. The molecule has 0 heteroatoms. The molecule has 2 unspecified atom stereocenters. The molecule has 0 aliphatic carbocycles. The van der Waals surface area contributed by atoms with Crippen molar-refractivity contribution in [3.05, 3.63) is 105 Å². The zero-order valence-electron chi connectivity index (χ0n) is 22.6. The van der Waals surface area contributed by atoms with Crippen molar-refractivity contribution in [2.24, 2.45) is 11.8 Å². The highest BCUT2D eigenvalue weighted by atomic mass is 14.2. The van der Waals surface area contributed by atoms with Gasteiger partial charge in [0, 0.05) is 0 Å². The number of hydrogen-bond acceptors (Lipinski definition) is 0. The third-order valence-corrected chi connectivity index (χ3v) is 7.66. The van der Waals surface area contributed by atoms with Gasteiger partial charge < -0.3 is 0 Å². The van der Waals surface area contributed by atoms with E-state index in [0.29, 0.717) is 11.8 Å². The van der Waals surface area contributed by atoms with Crippen LogP contribution in [0.3, 0.4) is 0 Å². The van der Waals surface area contributed by atoms with Crippen LogP contribution in [-0.2, 0) is 38.5 Å². The van der Waals surface area contributed by atoms with Crippen molar-refractivity contribution in [2.45, 2.75) is 92.9 Å². The molecule has 3 rings (SSSR count). The Bertz CT molecular complexity index is 923. The Morgan fingerprint density at radius 1 is 0.529 bits per heavy atom. The van der Waals surface area contributed by atoms with Crippen LogP contribution in [0.1, 0.15) is 85.0 Å². The molecular weight excluding hydrogens is 408 g/mol. The van der Waals surface area contributed by atoms with Crippen LogP contribution in [0.4, 0.5) is 0 Å². The molecule has 0 saturated heterocycles. The van der Waals surface area contributed by atoms with Gasteiger partial charge in [-0.25, -0.2) is 0 Å². The van der Waals surface area contributed by atoms with E-state index in [2.05, 4.69) is 102 Å². The van der Waals surface area contributed by atoms with Crippen LogP contribution in [0.15, 0.2) is 60.7 Å². The van der Waals surface area contributed by atoms with Crippen molar-refractivity contribution in [1.82, 2.24) is 0 Å². The molecule has 0 fully saturated rings. The van der Waals surface area contributed by atoms with Gasteiger partial charge in [-0.15, -0.1) is 0 Å². The fourth-order valence-electron chi connectivity index (χ4n) is 5.04. The first-order valence-corrected chi connectivity index (χ1v) is 13.6. The highest BCUT2D eigenvalue weighted by Gasteiger charge is 2.12. The summed E-state index contributed by atoms with van der Waals surface area (Å²) in [6, 6.07) is 23.4. The first-order valence-electron chi connectivity index (χ1n) is 13.6. The van der Waals surface area contributed by atoms with Crippen LogP contribution in [0.25, 0.3) is 0 Å². The highest BCUT2D eigenvalue weighted by molar-refractivity contribution is 5.37. The van der Waals surface area contributed by atoms with Gasteiger partial charge in [0.1, 0.15) is 0 Å². The summed E-state index contributed by atoms with van der Waals surface area (Å²) in [5.41, 5.74) is 11.9. The van der Waals surface area contributed by atoms with Crippen LogP contribution in [-0.4, -0.2) is 0 Å². The Hall–Kier alpha value is -2.34. The van der Waals surface area contributed by atoms with E-state index < -0.39 is 0 Å². The van der Waals surface area contributed by atoms with E-state index >= 15 is 0 Å². The second-order valence-electron chi connectivity index (χ2n) is 10.7. The van der Waals surface area contributed by atoms with Gasteiger partial charge in [-0.05, 0) is 122 Å². The lowest BCUT2D eigenvalue weighted by Gasteiger charge is -2.18. The van der Waals surface area contributed by atoms with Gasteiger partial charge in [0.2, 0.25) is 0 Å². The second-order valence-corrected chi connectivity index (χ2v) is 10.7. The summed E-state index contributed by atoms with van der Waals surface area (Å²) in [6.07, 6.45) is 9.49. The van der Waals surface area contributed by atoms with Gasteiger partial charge in [-0.2, -0.15) is 0 Å². The smallest absolute Gasteiger partial charge is 0.0253 e. The molecule has 0 radical (unpaired) electrons. The predicted octanol–water partition coefficient (Wildman–Crippen LogP) is 9.05. The minimum absolute atomic E-state index is 0.701. The second kappa shape index (κ2) is 12.9. The molecule has 3 aromatic carbocycles. The van der Waals surface area contributed by atoms with Gasteiger partial charge in [0.15, 0.2) is 0 Å². The molecule has 0 spiro atoms. The lowest BCUT2D eigenvalue weighted by Crippen LogP contribution is -2.07. The molecule has 0 aliphatic rings. The molecule has 182 valence electrons. The molecule has 0 heterocycles. The maximum Gasteiger partial charge on any atom is -0.0253 e. The lowest BCUT2D eigenvalue weighted by molar-refractivity contribution is 0.518. The van der Waals surface area contributed by atoms with E-state index in [1.54, 1.807) is 11.1 Å². The highest BCUT2D eigenvalue weighted by Crippen LogP contribution is 2.24. The lowest BCUT2D eigenvalue weighted by atomic mass is 9.88. The van der Waals surface area contributed by atoms with Crippen molar-refractivity contribution in [3.63, 3.8) is 0 Å². The van der Waals surface area contributed by atoms with E-state index in [0.717, 1.165) is 12.8 Å². The molecule has 0 aromatic heterocycles. The molecular formula is C34H46. The van der Waals surface area contributed by atoms with E-state index in [1.165, 1.54) is 71.9 Å². The SMILES string of the molecule is CCc1ccc(CC(C)CCc2cc(C)c(C)cc2CCC(C)Cc2ccc(CC)cc2)cc1. The maximum absolute atomic E-state index is 2.47. The van der Waals surface area contributed by atoms with Gasteiger partial charge >= 0.3 is 0 Å². The van der Waals surface area contributed by atoms with Gasteiger partial charge in [-0.3, -0.25) is 0 Å². The molecule has 0 nitrogen and oxygen atoms in total. The molecule has 0 amide bonds. The molecule has 34 heavy (non-hydrogen) atoms. The normalized spacial score (nSPS) is 13.1. The Balaban J connectivity index is 1.57. The quantitative estimate of drug-likeness (QED) is 0.256. The predicted molar refractivity (Wildman–Crippen MR) is 150 cm³/mol. The third kappa shape index (κ3) is 7.86. The Morgan fingerprint density at radius 3 is 1.18 bits per heavy atom. The summed E-state index contributed by atoms with van der Waals surface area (Å²) >= 11 is 0. The minimum Gasteiger partial charge on any atom is -0.0622 e. The summed E-state index contributed by atoms with van der Waals surface area (Å²) in [4.78, 5) is 0. The van der Waals surface area contributed by atoms with Gasteiger partial charge in [0.25, 0.3) is 0 Å². The van der Waals surface area contributed by atoms with Crippen LogP contribution >= 0.6 is 0 Å². The molecule has 0 aliphatic heterocycles. The molecule has 0 bridgehead atoms. The summed E-state index contributed by atoms with van der Waals surface area (Å²) in [6.45, 7) is 13.8. The summed E-state index contributed by atoms with van der Waals surface area (Å²) < 4.78 is 0. The first-order chi connectivity index (χ1) is 16.4. The summed E-state index contributed by atoms with van der Waals surface area (Å²) in [5, 5.41) is 0. The Labute approximate surface area is 209 Å². The van der Waals surface area contributed by atoms with Crippen molar-refractivity contribution < 1.29 is 0 Å². The zero-order chi connectivity index (χ0) is 24.5. The first kappa shape index (κ1) is 26.3. The zero-order valence-corrected chi connectivity index (χ0v) is 22.6. The Kier molecular flexibility index (Phi) is 10.00. The van der Waals surface area contributed by atoms with E-state index in [1.807, 2.05) is 0 Å². The topological polar surface area (TPSA) is 0 Å². The van der Waals surface area contributed by atoms with Gasteiger partial charge in [0.05, 0.1) is 0 Å². The van der Waals surface area contributed by atoms with Crippen LogP contribution in [0, 0.1) is 25.7 Å². The van der Waals surface area contributed by atoms with Crippen LogP contribution < -0.4 is 0 Å². The third-order valence-electron chi connectivity index (χ3n) is 7.66. The minimum atomic E-state index is 0.701. The molecule has 0 N–H and O–H groups in total. The maximum atomic E-state index is 2.47. The van der Waals surface area contributed by atoms with Gasteiger partial charge in [-0.1, -0.05) is 88.4 Å². The fourth-order valence-corrected chi connectivity index (χ4v) is 5.04. The van der Waals surface area contributed by atoms with E-state index in [-0.39, 0.29) is 0 Å². The van der Waals surface area contributed by atoms with E-state index in [9.17, 15) is 0 Å². The van der Waals surface area contributed by atoms with Crippen molar-refractivity contribution in [2.75, 3.05) is 0 Å². The summed E-state index contributed by atoms with van der Waals surface area (Å²) in [5.74, 6) is 1.40. The van der Waals surface area contributed by atoms with Crippen molar-refractivity contribution >= 4 is 0 Å². The van der Waals surface area contributed by atoms with E-state index in [4.69, 9.17) is 0 Å². The van der Waals surface area contributed by atoms with Crippen LogP contribution in [0.2, 0.25) is 0 Å². The molecule has 3 aromatic rings. The number of rotatable bonds is 12. The largest absolute Gasteiger partial charge is 0.0622 e. The van der Waals surface area contributed by atoms with Crippen LogP contribution in [0.5, 0.6) is 0 Å². The number of aryl methyl sites for hydroxylation is 6. The average molecular weight is 455 g/mol. The fraction of sp³-hybridized carbons (Fsp3) is 0.471. The molecule has 2 atom stereocenters.